The van der Waals surface area contributed by atoms with Crippen LogP contribution < -0.4 is 0 Å². The largest absolute Gasteiger partial charge is 0.478 e. The zero-order chi connectivity index (χ0) is 13.9. The SMILES string of the molecule is CCCCCCC(=Cc1ccccc1)/C=C/C(=O)O. The Labute approximate surface area is 115 Å². The molecule has 102 valence electrons. The molecule has 0 bridgehead atoms. The van der Waals surface area contributed by atoms with Crippen molar-refractivity contribution in [1.82, 2.24) is 0 Å². The molecule has 0 saturated carbocycles. The van der Waals surface area contributed by atoms with Crippen LogP contribution in [-0.2, 0) is 4.79 Å². The Balaban J connectivity index is 2.68. The Bertz CT molecular complexity index is 430. The highest BCUT2D eigenvalue weighted by molar-refractivity contribution is 5.80. The number of hydrogen-bond donors (Lipinski definition) is 1. The van der Waals surface area contributed by atoms with E-state index in [0.717, 1.165) is 24.0 Å². The average Bonchev–Trinajstić information content (AvgIpc) is 2.41. The summed E-state index contributed by atoms with van der Waals surface area (Å²) in [6.07, 6.45) is 10.7. The topological polar surface area (TPSA) is 37.3 Å². The third-order valence-electron chi connectivity index (χ3n) is 2.91. The molecule has 1 rings (SSSR count). The molecule has 1 aromatic rings. The highest BCUT2D eigenvalue weighted by Crippen LogP contribution is 2.15. The number of unbranched alkanes of at least 4 members (excludes halogenated alkanes) is 3. The Morgan fingerprint density at radius 2 is 1.84 bits per heavy atom. The lowest BCUT2D eigenvalue weighted by Crippen LogP contribution is -1.88. The van der Waals surface area contributed by atoms with E-state index in [4.69, 9.17) is 5.11 Å². The molecule has 0 aliphatic carbocycles. The maximum atomic E-state index is 10.6. The fourth-order valence-corrected chi connectivity index (χ4v) is 1.90. The van der Waals surface area contributed by atoms with Gasteiger partial charge in [0.05, 0.1) is 0 Å². The summed E-state index contributed by atoms with van der Waals surface area (Å²) in [4.78, 5) is 10.6. The minimum absolute atomic E-state index is 0.896. The fraction of sp³-hybridized carbons (Fsp3) is 0.353. The lowest BCUT2D eigenvalue weighted by atomic mass is 10.0. The van der Waals surface area contributed by atoms with Gasteiger partial charge in [0, 0.05) is 6.08 Å². The number of benzene rings is 1. The van der Waals surface area contributed by atoms with Gasteiger partial charge in [0.2, 0.25) is 0 Å². The van der Waals surface area contributed by atoms with E-state index in [-0.39, 0.29) is 0 Å². The van der Waals surface area contributed by atoms with Gasteiger partial charge in [0.1, 0.15) is 0 Å². The number of carboxylic acid groups (broad SMARTS) is 1. The molecule has 0 unspecified atom stereocenters. The third-order valence-corrected chi connectivity index (χ3v) is 2.91. The smallest absolute Gasteiger partial charge is 0.328 e. The molecule has 2 heteroatoms. The van der Waals surface area contributed by atoms with Gasteiger partial charge < -0.3 is 5.11 Å². The van der Waals surface area contributed by atoms with E-state index < -0.39 is 5.97 Å². The van der Waals surface area contributed by atoms with E-state index >= 15 is 0 Å². The van der Waals surface area contributed by atoms with Crippen molar-refractivity contribution in [2.75, 3.05) is 0 Å². The molecule has 2 nitrogen and oxygen atoms in total. The van der Waals surface area contributed by atoms with Gasteiger partial charge in [0.25, 0.3) is 0 Å². The molecule has 0 aliphatic rings. The quantitative estimate of drug-likeness (QED) is 0.417. The first kappa shape index (κ1) is 15.2. The Kier molecular flexibility index (Phi) is 7.33. The molecule has 0 atom stereocenters. The second-order valence-electron chi connectivity index (χ2n) is 4.61. The molecule has 0 radical (unpaired) electrons. The highest BCUT2D eigenvalue weighted by Gasteiger charge is 1.97. The van der Waals surface area contributed by atoms with Gasteiger partial charge in [0.15, 0.2) is 0 Å². The van der Waals surface area contributed by atoms with Crippen molar-refractivity contribution in [2.45, 2.75) is 39.0 Å². The summed E-state index contributed by atoms with van der Waals surface area (Å²) in [7, 11) is 0. The molecule has 0 amide bonds. The van der Waals surface area contributed by atoms with Gasteiger partial charge in [-0.15, -0.1) is 0 Å². The number of carboxylic acids is 1. The molecule has 19 heavy (non-hydrogen) atoms. The van der Waals surface area contributed by atoms with E-state index in [1.807, 2.05) is 30.3 Å². The summed E-state index contributed by atoms with van der Waals surface area (Å²) >= 11 is 0. The Morgan fingerprint density at radius 1 is 1.11 bits per heavy atom. The van der Waals surface area contributed by atoms with E-state index in [1.54, 1.807) is 6.08 Å². The van der Waals surface area contributed by atoms with Crippen LogP contribution in [0.15, 0.2) is 48.1 Å². The molecular weight excluding hydrogens is 236 g/mol. The standard InChI is InChI=1S/C17H22O2/c1-2-3-4-6-11-16(12-13-17(18)19)14-15-9-7-5-8-10-15/h5,7-10,12-14H,2-4,6,11H2,1H3,(H,18,19)/b13-12+,16-14?. The third kappa shape index (κ3) is 7.24. The molecule has 1 aromatic carbocycles. The molecule has 0 aliphatic heterocycles. The molecule has 1 N–H and O–H groups in total. The van der Waals surface area contributed by atoms with Crippen LogP contribution in [0.1, 0.15) is 44.6 Å². The van der Waals surface area contributed by atoms with E-state index in [1.165, 1.54) is 25.3 Å². The lowest BCUT2D eigenvalue weighted by Gasteiger charge is -2.03. The predicted octanol–water partition coefficient (Wildman–Crippen LogP) is 4.68. The summed E-state index contributed by atoms with van der Waals surface area (Å²) < 4.78 is 0. The van der Waals surface area contributed by atoms with Gasteiger partial charge in [-0.05, 0) is 24.0 Å². The van der Waals surface area contributed by atoms with Crippen molar-refractivity contribution in [1.29, 1.82) is 0 Å². The van der Waals surface area contributed by atoms with Crippen LogP contribution in [0.2, 0.25) is 0 Å². The summed E-state index contributed by atoms with van der Waals surface area (Å²) in [6.45, 7) is 2.19. The highest BCUT2D eigenvalue weighted by atomic mass is 16.4. The number of carbonyl (C=O) groups is 1. The van der Waals surface area contributed by atoms with E-state index in [0.29, 0.717) is 0 Å². The Hall–Kier alpha value is -1.83. The number of hydrogen-bond acceptors (Lipinski definition) is 1. The van der Waals surface area contributed by atoms with Crippen molar-refractivity contribution in [2.24, 2.45) is 0 Å². The monoisotopic (exact) mass is 258 g/mol. The van der Waals surface area contributed by atoms with Crippen LogP contribution >= 0.6 is 0 Å². The van der Waals surface area contributed by atoms with Crippen LogP contribution in [-0.4, -0.2) is 11.1 Å². The summed E-state index contributed by atoms with van der Waals surface area (Å²) in [5.74, 6) is -0.896. The number of rotatable bonds is 8. The summed E-state index contributed by atoms with van der Waals surface area (Å²) in [5, 5.41) is 8.72. The first-order valence-corrected chi connectivity index (χ1v) is 6.89. The molecule has 0 heterocycles. The van der Waals surface area contributed by atoms with E-state index in [9.17, 15) is 4.79 Å². The van der Waals surface area contributed by atoms with Gasteiger partial charge >= 0.3 is 5.97 Å². The van der Waals surface area contributed by atoms with Crippen molar-refractivity contribution >= 4 is 12.0 Å². The number of allylic oxidation sites excluding steroid dienone is 2. The van der Waals surface area contributed by atoms with Crippen molar-refractivity contribution < 1.29 is 9.90 Å². The average molecular weight is 258 g/mol. The molecule has 0 aromatic heterocycles. The lowest BCUT2D eigenvalue weighted by molar-refractivity contribution is -0.131. The van der Waals surface area contributed by atoms with Crippen molar-refractivity contribution in [3.05, 3.63) is 53.6 Å². The zero-order valence-corrected chi connectivity index (χ0v) is 11.5. The minimum Gasteiger partial charge on any atom is -0.478 e. The van der Waals surface area contributed by atoms with Gasteiger partial charge in [-0.25, -0.2) is 4.79 Å². The molecule has 0 fully saturated rings. The van der Waals surface area contributed by atoms with Crippen LogP contribution in [0, 0.1) is 0 Å². The molecule has 0 spiro atoms. The van der Waals surface area contributed by atoms with E-state index in [2.05, 4.69) is 13.0 Å². The van der Waals surface area contributed by atoms with Crippen LogP contribution in [0.25, 0.3) is 6.08 Å². The van der Waals surface area contributed by atoms with Gasteiger partial charge in [-0.1, -0.05) is 68.7 Å². The van der Waals surface area contributed by atoms with Crippen LogP contribution in [0.4, 0.5) is 0 Å². The fourth-order valence-electron chi connectivity index (χ4n) is 1.90. The van der Waals surface area contributed by atoms with Crippen molar-refractivity contribution in [3.8, 4) is 0 Å². The first-order valence-electron chi connectivity index (χ1n) is 6.89. The van der Waals surface area contributed by atoms with Crippen molar-refractivity contribution in [3.63, 3.8) is 0 Å². The summed E-state index contributed by atoms with van der Waals surface area (Å²) in [5.41, 5.74) is 2.19. The Morgan fingerprint density at radius 3 is 2.47 bits per heavy atom. The molecular formula is C17H22O2. The maximum Gasteiger partial charge on any atom is 0.328 e. The second-order valence-corrected chi connectivity index (χ2v) is 4.61. The summed E-state index contributed by atoms with van der Waals surface area (Å²) in [6, 6.07) is 10.0. The minimum atomic E-state index is -0.896. The molecule has 0 saturated heterocycles. The number of aliphatic carboxylic acids is 1. The predicted molar refractivity (Wildman–Crippen MR) is 80.0 cm³/mol. The first-order chi connectivity index (χ1) is 9.22. The maximum absolute atomic E-state index is 10.6. The zero-order valence-electron chi connectivity index (χ0n) is 11.5. The second kappa shape index (κ2) is 9.15. The normalized spacial score (nSPS) is 11.9. The van der Waals surface area contributed by atoms with Crippen LogP contribution in [0.5, 0.6) is 0 Å². The van der Waals surface area contributed by atoms with Gasteiger partial charge in [-0.3, -0.25) is 0 Å². The van der Waals surface area contributed by atoms with Gasteiger partial charge in [-0.2, -0.15) is 0 Å². The van der Waals surface area contributed by atoms with Crippen LogP contribution in [0.3, 0.4) is 0 Å².